The molecule has 2 unspecified atom stereocenters. The molecule has 2 amide bonds. The lowest BCUT2D eigenvalue weighted by Gasteiger charge is -2.25. The predicted molar refractivity (Wildman–Crippen MR) is 73.7 cm³/mol. The summed E-state index contributed by atoms with van der Waals surface area (Å²) in [6.45, 7) is 2.23. The molecule has 0 radical (unpaired) electrons. The minimum Gasteiger partial charge on any atom is -0.478 e. The zero-order chi connectivity index (χ0) is 15.6. The number of amides is 2. The quantitative estimate of drug-likeness (QED) is 0.792. The minimum absolute atomic E-state index is 0.0938. The van der Waals surface area contributed by atoms with Gasteiger partial charge in [0, 0.05) is 6.54 Å². The smallest absolute Gasteiger partial charge is 0.340 e. The van der Waals surface area contributed by atoms with E-state index in [1.165, 1.54) is 17.0 Å². The molecule has 1 aliphatic rings. The Morgan fingerprint density at radius 2 is 2.19 bits per heavy atom. The predicted octanol–water partition coefficient (Wildman–Crippen LogP) is 1.76. The van der Waals surface area contributed by atoms with E-state index in [9.17, 15) is 19.1 Å². The van der Waals surface area contributed by atoms with Crippen molar-refractivity contribution in [3.05, 3.63) is 29.6 Å². The van der Waals surface area contributed by atoms with Crippen molar-refractivity contribution < 1.29 is 24.2 Å². The van der Waals surface area contributed by atoms with E-state index in [1.807, 2.05) is 6.92 Å². The summed E-state index contributed by atoms with van der Waals surface area (Å²) >= 11 is 0. The molecule has 6 nitrogen and oxygen atoms in total. The number of likely N-dealkylation sites (tertiary alicyclic amines) is 1. The van der Waals surface area contributed by atoms with Gasteiger partial charge >= 0.3 is 12.0 Å². The molecular weight excluding hydrogens is 279 g/mol. The molecule has 1 aromatic carbocycles. The van der Waals surface area contributed by atoms with Crippen LogP contribution < -0.4 is 5.32 Å². The first kappa shape index (κ1) is 15.2. The number of benzene rings is 1. The van der Waals surface area contributed by atoms with E-state index in [0.29, 0.717) is 6.54 Å². The first-order valence-electron chi connectivity index (χ1n) is 6.66. The van der Waals surface area contributed by atoms with E-state index in [0.717, 1.165) is 12.5 Å². The van der Waals surface area contributed by atoms with Crippen molar-refractivity contribution >= 4 is 17.7 Å². The molecule has 1 heterocycles. The molecule has 114 valence electrons. The van der Waals surface area contributed by atoms with Crippen molar-refractivity contribution in [1.82, 2.24) is 4.90 Å². The number of rotatable bonds is 3. The number of halogens is 1. The van der Waals surface area contributed by atoms with Crippen molar-refractivity contribution in [3.63, 3.8) is 0 Å². The number of aromatic carboxylic acids is 1. The lowest BCUT2D eigenvalue weighted by molar-refractivity contribution is 0.0693. The molecule has 1 aromatic rings. The number of hydrogen-bond donors (Lipinski definition) is 3. The third-order valence-electron chi connectivity index (χ3n) is 3.80. The van der Waals surface area contributed by atoms with Crippen LogP contribution in [0.3, 0.4) is 0 Å². The van der Waals surface area contributed by atoms with Gasteiger partial charge in [0.25, 0.3) is 0 Å². The van der Waals surface area contributed by atoms with Gasteiger partial charge in [-0.2, -0.15) is 0 Å². The Hall–Kier alpha value is -2.15. The van der Waals surface area contributed by atoms with Crippen LogP contribution in [0.5, 0.6) is 0 Å². The molecule has 0 aromatic heterocycles. The third-order valence-corrected chi connectivity index (χ3v) is 3.80. The average molecular weight is 296 g/mol. The van der Waals surface area contributed by atoms with E-state index in [-0.39, 0.29) is 24.3 Å². The SMILES string of the molecule is CC1CCN(C(=O)Nc2cccc(F)c2C(=O)O)C1CO. The highest BCUT2D eigenvalue weighted by molar-refractivity contribution is 6.00. The Morgan fingerprint density at radius 3 is 2.81 bits per heavy atom. The maximum atomic E-state index is 13.5. The number of nitrogens with one attached hydrogen (secondary N) is 1. The molecule has 1 saturated heterocycles. The van der Waals surface area contributed by atoms with Crippen molar-refractivity contribution in [3.8, 4) is 0 Å². The van der Waals surface area contributed by atoms with Crippen LogP contribution in [-0.2, 0) is 0 Å². The van der Waals surface area contributed by atoms with Crippen LogP contribution in [0.15, 0.2) is 18.2 Å². The summed E-state index contributed by atoms with van der Waals surface area (Å²) in [6, 6.07) is 2.83. The number of carbonyl (C=O) groups excluding carboxylic acids is 1. The maximum absolute atomic E-state index is 13.5. The fourth-order valence-electron chi connectivity index (χ4n) is 2.57. The van der Waals surface area contributed by atoms with Gasteiger partial charge in [-0.3, -0.25) is 0 Å². The standard InChI is InChI=1S/C14H17FN2O4/c1-8-5-6-17(11(8)7-18)14(21)16-10-4-2-3-9(15)12(10)13(19)20/h2-4,8,11,18H,5-7H2,1H3,(H,16,21)(H,19,20). The second kappa shape index (κ2) is 6.09. The summed E-state index contributed by atoms with van der Waals surface area (Å²) in [5.74, 6) is -2.20. The molecule has 1 fully saturated rings. The van der Waals surface area contributed by atoms with E-state index in [1.54, 1.807) is 0 Å². The molecule has 7 heteroatoms. The number of carboxylic acid groups (broad SMARTS) is 1. The van der Waals surface area contributed by atoms with E-state index in [2.05, 4.69) is 5.32 Å². The van der Waals surface area contributed by atoms with Crippen molar-refractivity contribution in [2.45, 2.75) is 19.4 Å². The lowest BCUT2D eigenvalue weighted by Crippen LogP contribution is -2.42. The van der Waals surface area contributed by atoms with Gasteiger partial charge in [0.1, 0.15) is 11.4 Å². The van der Waals surface area contributed by atoms with Crippen LogP contribution in [0, 0.1) is 11.7 Å². The molecular formula is C14H17FN2O4. The summed E-state index contributed by atoms with van der Waals surface area (Å²) in [4.78, 5) is 24.7. The normalized spacial score (nSPS) is 21.4. The highest BCUT2D eigenvalue weighted by Gasteiger charge is 2.34. The largest absolute Gasteiger partial charge is 0.478 e. The third kappa shape index (κ3) is 2.97. The second-order valence-electron chi connectivity index (χ2n) is 5.11. The number of nitrogens with zero attached hydrogens (tertiary/aromatic N) is 1. The van der Waals surface area contributed by atoms with Gasteiger partial charge < -0.3 is 20.4 Å². The molecule has 0 saturated carbocycles. The molecule has 1 aliphatic heterocycles. The highest BCUT2D eigenvalue weighted by Crippen LogP contribution is 2.25. The van der Waals surface area contributed by atoms with E-state index >= 15 is 0 Å². The number of aliphatic hydroxyl groups excluding tert-OH is 1. The Bertz CT molecular complexity index is 564. The number of carboxylic acids is 1. The van der Waals surface area contributed by atoms with Crippen LogP contribution in [0.1, 0.15) is 23.7 Å². The topological polar surface area (TPSA) is 89.9 Å². The number of aliphatic hydroxyl groups is 1. The number of carbonyl (C=O) groups is 2. The Labute approximate surface area is 121 Å². The van der Waals surface area contributed by atoms with Gasteiger partial charge in [-0.15, -0.1) is 0 Å². The second-order valence-corrected chi connectivity index (χ2v) is 5.11. The fourth-order valence-corrected chi connectivity index (χ4v) is 2.57. The first-order valence-corrected chi connectivity index (χ1v) is 6.66. The monoisotopic (exact) mass is 296 g/mol. The first-order chi connectivity index (χ1) is 9.95. The van der Waals surface area contributed by atoms with Crippen LogP contribution in [-0.4, -0.2) is 46.3 Å². The Balaban J connectivity index is 2.21. The van der Waals surface area contributed by atoms with E-state index in [4.69, 9.17) is 5.11 Å². The number of anilines is 1. The average Bonchev–Trinajstić information content (AvgIpc) is 2.79. The van der Waals surface area contributed by atoms with Crippen LogP contribution in [0.2, 0.25) is 0 Å². The molecule has 21 heavy (non-hydrogen) atoms. The molecule has 0 spiro atoms. The summed E-state index contributed by atoms with van der Waals surface area (Å²) < 4.78 is 13.5. The molecule has 3 N–H and O–H groups in total. The van der Waals surface area contributed by atoms with Gasteiger partial charge in [0.05, 0.1) is 18.3 Å². The molecule has 0 aliphatic carbocycles. The number of urea groups is 1. The molecule has 2 atom stereocenters. The van der Waals surface area contributed by atoms with Crippen LogP contribution in [0.25, 0.3) is 0 Å². The summed E-state index contributed by atoms with van der Waals surface area (Å²) in [7, 11) is 0. The zero-order valence-corrected chi connectivity index (χ0v) is 11.5. The van der Waals surface area contributed by atoms with E-state index < -0.39 is 23.4 Å². The van der Waals surface area contributed by atoms with Crippen molar-refractivity contribution in [2.75, 3.05) is 18.5 Å². The lowest BCUT2D eigenvalue weighted by atomic mass is 10.0. The van der Waals surface area contributed by atoms with Crippen molar-refractivity contribution in [1.29, 1.82) is 0 Å². The Morgan fingerprint density at radius 1 is 1.48 bits per heavy atom. The van der Waals surface area contributed by atoms with Gasteiger partial charge in [-0.05, 0) is 24.5 Å². The van der Waals surface area contributed by atoms with Gasteiger partial charge in [0.15, 0.2) is 0 Å². The van der Waals surface area contributed by atoms with Crippen molar-refractivity contribution in [2.24, 2.45) is 5.92 Å². The summed E-state index contributed by atoms with van der Waals surface area (Å²) in [6.07, 6.45) is 0.758. The van der Waals surface area contributed by atoms with Gasteiger partial charge in [0.2, 0.25) is 0 Å². The van der Waals surface area contributed by atoms with Gasteiger partial charge in [-0.25, -0.2) is 14.0 Å². The van der Waals surface area contributed by atoms with Crippen LogP contribution >= 0.6 is 0 Å². The Kier molecular flexibility index (Phi) is 4.42. The summed E-state index contributed by atoms with van der Waals surface area (Å²) in [5, 5.41) is 20.8. The highest BCUT2D eigenvalue weighted by atomic mass is 19.1. The zero-order valence-electron chi connectivity index (χ0n) is 11.5. The van der Waals surface area contributed by atoms with Crippen LogP contribution in [0.4, 0.5) is 14.9 Å². The molecule has 0 bridgehead atoms. The van der Waals surface area contributed by atoms with Gasteiger partial charge in [-0.1, -0.05) is 13.0 Å². The fraction of sp³-hybridized carbons (Fsp3) is 0.429. The minimum atomic E-state index is -1.45. The molecule has 2 rings (SSSR count). The summed E-state index contributed by atoms with van der Waals surface area (Å²) in [5.41, 5.74) is -0.664. The number of hydrogen-bond acceptors (Lipinski definition) is 3. The maximum Gasteiger partial charge on any atom is 0.340 e.